The van der Waals surface area contributed by atoms with Crippen molar-refractivity contribution >= 4 is 27.5 Å². The number of piperidine rings is 1. The molecule has 0 spiro atoms. The van der Waals surface area contributed by atoms with Gasteiger partial charge in [0, 0.05) is 13.1 Å². The van der Waals surface area contributed by atoms with Crippen LogP contribution in [0.25, 0.3) is 0 Å². The van der Waals surface area contributed by atoms with E-state index >= 15 is 0 Å². The third kappa shape index (κ3) is 4.32. The van der Waals surface area contributed by atoms with Gasteiger partial charge >= 0.3 is 10.2 Å². The number of benzene rings is 1. The number of aryl methyl sites for hydroxylation is 1. The maximum atomic E-state index is 12.5. The third-order valence-electron chi connectivity index (χ3n) is 3.68. The smallest absolute Gasteiger partial charge is 0.301 e. The summed E-state index contributed by atoms with van der Waals surface area (Å²) in [4.78, 5) is 0. The Morgan fingerprint density at radius 1 is 1.43 bits per heavy atom. The lowest BCUT2D eigenvalue weighted by Gasteiger charge is -2.32. The molecular weight excluding hydrogens is 310 g/mol. The molecule has 0 amide bonds. The van der Waals surface area contributed by atoms with E-state index in [1.807, 2.05) is 20.0 Å². The van der Waals surface area contributed by atoms with Crippen LogP contribution in [0.4, 0.5) is 5.69 Å². The zero-order chi connectivity index (χ0) is 15.5. The fourth-order valence-corrected chi connectivity index (χ4v) is 4.19. The number of hydrogen-bond donors (Lipinski definition) is 2. The molecule has 21 heavy (non-hydrogen) atoms. The van der Waals surface area contributed by atoms with Gasteiger partial charge in [-0.25, -0.2) is 0 Å². The van der Waals surface area contributed by atoms with Crippen LogP contribution >= 0.6 is 11.6 Å². The van der Waals surface area contributed by atoms with Crippen molar-refractivity contribution in [2.24, 2.45) is 5.92 Å². The number of rotatable bonds is 5. The van der Waals surface area contributed by atoms with E-state index in [1.54, 1.807) is 12.1 Å². The molecule has 0 bridgehead atoms. The van der Waals surface area contributed by atoms with Gasteiger partial charge in [-0.1, -0.05) is 17.7 Å². The molecule has 1 aromatic rings. The van der Waals surface area contributed by atoms with E-state index in [0.717, 1.165) is 24.9 Å². The third-order valence-corrected chi connectivity index (χ3v) is 5.49. The SMILES string of the molecule is CNCC1CCCN(S(=O)(=O)Nc2cc(C)ccc2Cl)C1. The Kier molecular flexibility index (Phi) is 5.48. The first-order valence-corrected chi connectivity index (χ1v) is 8.93. The van der Waals surface area contributed by atoms with Crippen molar-refractivity contribution < 1.29 is 8.42 Å². The molecule has 1 heterocycles. The van der Waals surface area contributed by atoms with Crippen molar-refractivity contribution in [1.82, 2.24) is 9.62 Å². The first kappa shape index (κ1) is 16.5. The molecule has 0 aliphatic carbocycles. The quantitative estimate of drug-likeness (QED) is 0.869. The lowest BCUT2D eigenvalue weighted by molar-refractivity contribution is 0.264. The van der Waals surface area contributed by atoms with Crippen LogP contribution in [0.15, 0.2) is 18.2 Å². The molecule has 7 heteroatoms. The van der Waals surface area contributed by atoms with Gasteiger partial charge in [0.25, 0.3) is 0 Å². The molecule has 0 radical (unpaired) electrons. The number of anilines is 1. The highest BCUT2D eigenvalue weighted by molar-refractivity contribution is 7.90. The summed E-state index contributed by atoms with van der Waals surface area (Å²) >= 11 is 6.06. The first-order valence-electron chi connectivity index (χ1n) is 7.11. The molecule has 0 saturated carbocycles. The van der Waals surface area contributed by atoms with E-state index < -0.39 is 10.2 Å². The molecule has 5 nitrogen and oxygen atoms in total. The molecule has 1 aliphatic rings. The summed E-state index contributed by atoms with van der Waals surface area (Å²) < 4.78 is 29.1. The van der Waals surface area contributed by atoms with Gasteiger partial charge in [-0.2, -0.15) is 12.7 Å². The molecule has 1 saturated heterocycles. The van der Waals surface area contributed by atoms with Crippen molar-refractivity contribution in [1.29, 1.82) is 0 Å². The Hall–Kier alpha value is -0.820. The Balaban J connectivity index is 2.12. The highest BCUT2D eigenvalue weighted by Crippen LogP contribution is 2.26. The molecule has 1 fully saturated rings. The van der Waals surface area contributed by atoms with Crippen molar-refractivity contribution in [2.45, 2.75) is 19.8 Å². The van der Waals surface area contributed by atoms with Crippen LogP contribution in [0.5, 0.6) is 0 Å². The van der Waals surface area contributed by atoms with Crippen molar-refractivity contribution in [2.75, 3.05) is 31.4 Å². The minimum atomic E-state index is -3.56. The largest absolute Gasteiger partial charge is 0.319 e. The van der Waals surface area contributed by atoms with Crippen LogP contribution in [-0.4, -0.2) is 39.4 Å². The highest BCUT2D eigenvalue weighted by Gasteiger charge is 2.28. The van der Waals surface area contributed by atoms with E-state index in [4.69, 9.17) is 11.6 Å². The van der Waals surface area contributed by atoms with Crippen LogP contribution in [0, 0.1) is 12.8 Å². The summed E-state index contributed by atoms with van der Waals surface area (Å²) in [6.45, 7) is 3.83. The topological polar surface area (TPSA) is 61.4 Å². The molecule has 1 unspecified atom stereocenters. The summed E-state index contributed by atoms with van der Waals surface area (Å²) in [5.41, 5.74) is 1.40. The van der Waals surface area contributed by atoms with E-state index in [2.05, 4.69) is 10.0 Å². The first-order chi connectivity index (χ1) is 9.92. The van der Waals surface area contributed by atoms with Crippen LogP contribution in [-0.2, 0) is 10.2 Å². The van der Waals surface area contributed by atoms with Gasteiger partial charge in [0.1, 0.15) is 0 Å². The van der Waals surface area contributed by atoms with Gasteiger partial charge in [0.2, 0.25) is 0 Å². The predicted molar refractivity (Wildman–Crippen MR) is 87.0 cm³/mol. The Morgan fingerprint density at radius 2 is 2.19 bits per heavy atom. The number of hydrogen-bond acceptors (Lipinski definition) is 3. The zero-order valence-electron chi connectivity index (χ0n) is 12.4. The summed E-state index contributed by atoms with van der Waals surface area (Å²) in [6.07, 6.45) is 1.94. The van der Waals surface area contributed by atoms with Gasteiger partial charge in [0.05, 0.1) is 10.7 Å². The van der Waals surface area contributed by atoms with Gasteiger partial charge in [-0.05, 0) is 57.0 Å². The summed E-state index contributed by atoms with van der Waals surface area (Å²) in [7, 11) is -1.67. The maximum Gasteiger partial charge on any atom is 0.301 e. The standard InChI is InChI=1S/C14H22ClN3O2S/c1-11-5-6-13(15)14(8-11)17-21(19,20)18-7-3-4-12(10-18)9-16-2/h5-6,8,12,16-17H,3-4,7,9-10H2,1-2H3. The average molecular weight is 332 g/mol. The normalized spacial score (nSPS) is 20.4. The lowest BCUT2D eigenvalue weighted by atomic mass is 10.00. The Labute approximate surface area is 131 Å². The van der Waals surface area contributed by atoms with E-state index in [1.165, 1.54) is 4.31 Å². The van der Waals surface area contributed by atoms with Gasteiger partial charge < -0.3 is 5.32 Å². The van der Waals surface area contributed by atoms with E-state index in [-0.39, 0.29) is 0 Å². The Bertz CT molecular complexity index is 590. The zero-order valence-corrected chi connectivity index (χ0v) is 14.0. The van der Waals surface area contributed by atoms with Gasteiger partial charge in [-0.15, -0.1) is 0 Å². The van der Waals surface area contributed by atoms with Crippen LogP contribution < -0.4 is 10.0 Å². The molecular formula is C14H22ClN3O2S. The number of nitrogens with zero attached hydrogens (tertiary/aromatic N) is 1. The minimum absolute atomic E-state index is 0.355. The van der Waals surface area contributed by atoms with Crippen molar-refractivity contribution in [3.05, 3.63) is 28.8 Å². The molecule has 0 aromatic heterocycles. The number of halogens is 1. The predicted octanol–water partition coefficient (Wildman–Crippen LogP) is 2.24. The van der Waals surface area contributed by atoms with Crippen molar-refractivity contribution in [3.63, 3.8) is 0 Å². The summed E-state index contributed by atoms with van der Waals surface area (Å²) in [6, 6.07) is 5.30. The average Bonchev–Trinajstić information content (AvgIpc) is 2.43. The summed E-state index contributed by atoms with van der Waals surface area (Å²) in [5, 5.41) is 3.52. The maximum absolute atomic E-state index is 12.5. The van der Waals surface area contributed by atoms with E-state index in [0.29, 0.717) is 29.7 Å². The second-order valence-corrected chi connectivity index (χ2v) is 7.59. The second-order valence-electron chi connectivity index (χ2n) is 5.51. The van der Waals surface area contributed by atoms with Crippen molar-refractivity contribution in [3.8, 4) is 0 Å². The fourth-order valence-electron chi connectivity index (χ4n) is 2.62. The minimum Gasteiger partial charge on any atom is -0.319 e. The molecule has 2 N–H and O–H groups in total. The van der Waals surface area contributed by atoms with Gasteiger partial charge in [0.15, 0.2) is 0 Å². The van der Waals surface area contributed by atoms with Gasteiger partial charge in [-0.3, -0.25) is 4.72 Å². The van der Waals surface area contributed by atoms with E-state index in [9.17, 15) is 8.42 Å². The summed E-state index contributed by atoms with van der Waals surface area (Å²) in [5.74, 6) is 0.355. The Morgan fingerprint density at radius 3 is 2.90 bits per heavy atom. The molecule has 1 aromatic carbocycles. The van der Waals surface area contributed by atoms with Crippen LogP contribution in [0.1, 0.15) is 18.4 Å². The molecule has 118 valence electrons. The fraction of sp³-hybridized carbons (Fsp3) is 0.571. The monoisotopic (exact) mass is 331 g/mol. The van der Waals surface area contributed by atoms with Crippen LogP contribution in [0.3, 0.4) is 0 Å². The lowest BCUT2D eigenvalue weighted by Crippen LogP contribution is -2.44. The van der Waals surface area contributed by atoms with Crippen LogP contribution in [0.2, 0.25) is 5.02 Å². The molecule has 2 rings (SSSR count). The second kappa shape index (κ2) is 6.96. The number of nitrogens with one attached hydrogen (secondary N) is 2. The molecule has 1 aliphatic heterocycles. The molecule has 1 atom stereocenters. The highest BCUT2D eigenvalue weighted by atomic mass is 35.5.